The van der Waals surface area contributed by atoms with E-state index in [-0.39, 0.29) is 24.1 Å². The van der Waals surface area contributed by atoms with Crippen LogP contribution in [0.25, 0.3) is 11.1 Å². The third kappa shape index (κ3) is 6.44. The minimum Gasteiger partial charge on any atom is -0.341 e. The summed E-state index contributed by atoms with van der Waals surface area (Å²) in [5, 5.41) is 7.00. The molecule has 2 saturated heterocycles. The average molecular weight is 592 g/mol. The third-order valence-corrected chi connectivity index (χ3v) is 9.16. The lowest BCUT2D eigenvalue weighted by atomic mass is 9.78. The Kier molecular flexibility index (Phi) is 8.08. The maximum absolute atomic E-state index is 13.0. The molecule has 0 bridgehead atoms. The normalized spacial score (nSPS) is 19.0. The summed E-state index contributed by atoms with van der Waals surface area (Å²) >= 11 is 0. The molecule has 1 spiro atoms. The van der Waals surface area contributed by atoms with Gasteiger partial charge in [-0.15, -0.1) is 0 Å². The number of hydrogen-bond acceptors (Lipinski definition) is 4. The summed E-state index contributed by atoms with van der Waals surface area (Å²) in [6, 6.07) is 27.9. The molecule has 3 amide bonds. The van der Waals surface area contributed by atoms with Crippen LogP contribution in [0.5, 0.6) is 0 Å². The maximum atomic E-state index is 13.0. The van der Waals surface area contributed by atoms with Gasteiger partial charge in [-0.05, 0) is 47.1 Å². The van der Waals surface area contributed by atoms with Gasteiger partial charge in [-0.25, -0.2) is 0 Å². The zero-order valence-electron chi connectivity index (χ0n) is 25.4. The van der Waals surface area contributed by atoms with Gasteiger partial charge in [0, 0.05) is 50.8 Å². The molecule has 1 aliphatic carbocycles. The third-order valence-electron chi connectivity index (χ3n) is 9.16. The van der Waals surface area contributed by atoms with E-state index in [1.807, 2.05) is 93.5 Å². The lowest BCUT2D eigenvalue weighted by Crippen LogP contribution is -2.60. The number of hydrogen-bond donors (Lipinski definition) is 1. The Morgan fingerprint density at radius 3 is 2.27 bits per heavy atom. The highest BCUT2D eigenvalue weighted by Gasteiger charge is 2.57. The van der Waals surface area contributed by atoms with Crippen molar-refractivity contribution in [3.8, 4) is 11.1 Å². The zero-order valence-corrected chi connectivity index (χ0v) is 25.4. The molecular weight excluding hydrogens is 550 g/mol. The molecule has 1 N–H and O–H groups in total. The van der Waals surface area contributed by atoms with Gasteiger partial charge in [0.2, 0.25) is 12.3 Å². The molecule has 8 heteroatoms. The van der Waals surface area contributed by atoms with Crippen LogP contribution in [0.3, 0.4) is 0 Å². The number of rotatable bonds is 7. The molecule has 3 fully saturated rings. The van der Waals surface area contributed by atoms with Gasteiger partial charge in [-0.3, -0.25) is 19.1 Å². The largest absolute Gasteiger partial charge is 0.341 e. The van der Waals surface area contributed by atoms with Gasteiger partial charge in [0.15, 0.2) is 0 Å². The molecule has 8 nitrogen and oxygen atoms in total. The number of likely N-dealkylation sites (tertiary alicyclic amines) is 2. The van der Waals surface area contributed by atoms with Gasteiger partial charge in [-0.1, -0.05) is 86.6 Å². The van der Waals surface area contributed by atoms with Gasteiger partial charge in [0.1, 0.15) is 0 Å². The van der Waals surface area contributed by atoms with Crippen LogP contribution < -0.4 is 5.32 Å². The summed E-state index contributed by atoms with van der Waals surface area (Å²) in [7, 11) is 0. The molecule has 3 heterocycles. The number of carbonyl (C=O) groups is 3. The lowest BCUT2D eigenvalue weighted by Gasteiger charge is -2.48. The van der Waals surface area contributed by atoms with Crippen molar-refractivity contribution in [1.29, 1.82) is 0 Å². The van der Waals surface area contributed by atoms with E-state index in [0.717, 1.165) is 61.4 Å². The molecular formula is C36H41N5O3. The minimum atomic E-state index is 0. The Balaban J connectivity index is 0.000000212. The molecule has 3 aliphatic rings. The van der Waals surface area contributed by atoms with Crippen molar-refractivity contribution in [1.82, 2.24) is 19.6 Å². The summed E-state index contributed by atoms with van der Waals surface area (Å²) in [5.41, 5.74) is 5.14. The molecule has 2 aliphatic heterocycles. The number of carbonyl (C=O) groups excluding carboxylic acids is 3. The smallest absolute Gasteiger partial charge is 0.257 e. The Hall–Kier alpha value is -4.72. The Morgan fingerprint density at radius 2 is 1.59 bits per heavy atom. The predicted octanol–water partition coefficient (Wildman–Crippen LogP) is 5.82. The van der Waals surface area contributed by atoms with Crippen molar-refractivity contribution in [3.63, 3.8) is 0 Å². The van der Waals surface area contributed by atoms with Crippen molar-refractivity contribution in [3.05, 3.63) is 108 Å². The summed E-state index contributed by atoms with van der Waals surface area (Å²) in [6.45, 7) is 8.10. The number of anilines is 1. The van der Waals surface area contributed by atoms with Crippen LogP contribution >= 0.6 is 0 Å². The van der Waals surface area contributed by atoms with E-state index < -0.39 is 0 Å². The summed E-state index contributed by atoms with van der Waals surface area (Å²) < 4.78 is 1.82. The fourth-order valence-corrected chi connectivity index (χ4v) is 6.40. The first-order valence-electron chi connectivity index (χ1n) is 15.3. The maximum Gasteiger partial charge on any atom is 0.257 e. The zero-order chi connectivity index (χ0) is 30.7. The molecule has 7 rings (SSSR count). The second-order valence-electron chi connectivity index (χ2n) is 13.0. The van der Waals surface area contributed by atoms with E-state index in [1.165, 1.54) is 0 Å². The molecule has 44 heavy (non-hydrogen) atoms. The standard InChI is InChI=1S/C23H28N4O2.C13H11NO.H2/c1-22(2)10-19(22)21(29)26-15-23(16-26)8-9-25(14-23)20(28)18-11-24-27(13-18)12-17-6-4-3-5-7-17;15-10-14-13-8-4-7-12(9-13)11-5-2-1-3-6-11;/h3-7,11,13,19H,8-10,12,14-16H2,1-2H3;1-10H,(H,14,15);1H/t19-;;/m1../s1. The van der Waals surface area contributed by atoms with E-state index in [2.05, 4.69) is 36.4 Å². The number of nitrogens with zero attached hydrogens (tertiary/aromatic N) is 4. The van der Waals surface area contributed by atoms with Gasteiger partial charge >= 0.3 is 0 Å². The Labute approximate surface area is 260 Å². The lowest BCUT2D eigenvalue weighted by molar-refractivity contribution is -0.144. The summed E-state index contributed by atoms with van der Waals surface area (Å²) in [4.78, 5) is 39.8. The van der Waals surface area contributed by atoms with Gasteiger partial charge < -0.3 is 15.1 Å². The summed E-state index contributed by atoms with van der Waals surface area (Å²) in [6.07, 6.45) is 6.18. The van der Waals surface area contributed by atoms with E-state index in [4.69, 9.17) is 0 Å². The van der Waals surface area contributed by atoms with E-state index >= 15 is 0 Å². The Morgan fingerprint density at radius 1 is 0.932 bits per heavy atom. The SMILES string of the molecule is CC1(C)C[C@@H]1C(=O)N1CC2(CCN(C(=O)c3cnn(Cc4ccccc4)c3)C2)C1.O=CNc1cccc(-c2ccccc2)c1.[HH]. The van der Waals surface area contributed by atoms with Crippen molar-refractivity contribution in [2.75, 3.05) is 31.5 Å². The summed E-state index contributed by atoms with van der Waals surface area (Å²) in [5.74, 6) is 0.566. The highest BCUT2D eigenvalue weighted by molar-refractivity contribution is 5.94. The minimum absolute atomic E-state index is 0. The molecule has 1 saturated carbocycles. The van der Waals surface area contributed by atoms with Gasteiger partial charge in [0.05, 0.1) is 18.3 Å². The van der Waals surface area contributed by atoms with Crippen LogP contribution in [0.15, 0.2) is 97.3 Å². The van der Waals surface area contributed by atoms with Crippen LogP contribution in [0.1, 0.15) is 44.0 Å². The topological polar surface area (TPSA) is 87.5 Å². The number of nitrogens with one attached hydrogen (secondary N) is 1. The monoisotopic (exact) mass is 591 g/mol. The van der Waals surface area contributed by atoms with Gasteiger partial charge in [0.25, 0.3) is 5.91 Å². The van der Waals surface area contributed by atoms with Crippen LogP contribution in [-0.4, -0.2) is 64.0 Å². The van der Waals surface area contributed by atoms with Gasteiger partial charge in [-0.2, -0.15) is 5.10 Å². The van der Waals surface area contributed by atoms with Crippen LogP contribution in [0, 0.1) is 16.7 Å². The Bertz CT molecular complexity index is 1630. The van der Waals surface area contributed by atoms with Crippen molar-refractivity contribution < 1.29 is 15.8 Å². The molecule has 4 aromatic rings. The first kappa shape index (κ1) is 29.4. The quantitative estimate of drug-likeness (QED) is 0.275. The molecule has 1 aromatic heterocycles. The second kappa shape index (κ2) is 12.1. The van der Waals surface area contributed by atoms with Crippen molar-refractivity contribution in [2.45, 2.75) is 33.2 Å². The number of benzene rings is 3. The molecule has 3 aromatic carbocycles. The van der Waals surface area contributed by atoms with E-state index in [0.29, 0.717) is 24.4 Å². The van der Waals surface area contributed by atoms with Crippen LogP contribution in [0.4, 0.5) is 5.69 Å². The van der Waals surface area contributed by atoms with Crippen LogP contribution in [-0.2, 0) is 16.1 Å². The molecule has 228 valence electrons. The highest BCUT2D eigenvalue weighted by Crippen LogP contribution is 2.54. The predicted molar refractivity (Wildman–Crippen MR) is 173 cm³/mol. The fraction of sp³-hybridized carbons (Fsp3) is 0.333. The first-order chi connectivity index (χ1) is 21.2. The van der Waals surface area contributed by atoms with E-state index in [9.17, 15) is 14.4 Å². The van der Waals surface area contributed by atoms with Crippen LogP contribution in [0.2, 0.25) is 0 Å². The number of amides is 3. The number of aromatic nitrogens is 2. The molecule has 0 unspecified atom stereocenters. The molecule has 0 radical (unpaired) electrons. The highest BCUT2D eigenvalue weighted by atomic mass is 16.2. The van der Waals surface area contributed by atoms with Crippen molar-refractivity contribution in [2.24, 2.45) is 16.7 Å². The first-order valence-corrected chi connectivity index (χ1v) is 15.3. The van der Waals surface area contributed by atoms with E-state index in [1.54, 1.807) is 6.20 Å². The fourth-order valence-electron chi connectivity index (χ4n) is 6.40. The van der Waals surface area contributed by atoms with Crippen molar-refractivity contribution >= 4 is 23.9 Å². The second-order valence-corrected chi connectivity index (χ2v) is 13.0. The molecule has 1 atom stereocenters. The average Bonchev–Trinajstić information content (AvgIpc) is 3.35.